The second-order valence-electron chi connectivity index (χ2n) is 5.75. The molecule has 0 spiro atoms. The van der Waals surface area contributed by atoms with Gasteiger partial charge in [-0.3, -0.25) is 10.3 Å². The topological polar surface area (TPSA) is 53.1 Å². The lowest BCUT2D eigenvalue weighted by Crippen LogP contribution is -2.38. The average molecular weight is 245 g/mol. The van der Waals surface area contributed by atoms with Crippen molar-refractivity contribution in [1.29, 1.82) is 5.41 Å². The van der Waals surface area contributed by atoms with Gasteiger partial charge < -0.3 is 5.73 Å². The summed E-state index contributed by atoms with van der Waals surface area (Å²) in [6.07, 6.45) is 1.35. The fourth-order valence-corrected chi connectivity index (χ4v) is 2.97. The molecule has 2 unspecified atom stereocenters. The number of nitrogen functional groups attached to an aromatic ring is 1. The fourth-order valence-electron chi connectivity index (χ4n) is 2.97. The van der Waals surface area contributed by atoms with Gasteiger partial charge in [0.05, 0.1) is 0 Å². The molecule has 0 radical (unpaired) electrons. The molecule has 1 fully saturated rings. The van der Waals surface area contributed by atoms with Crippen LogP contribution in [0.5, 0.6) is 0 Å². The van der Waals surface area contributed by atoms with Crippen LogP contribution in [0.3, 0.4) is 0 Å². The van der Waals surface area contributed by atoms with Crippen molar-refractivity contribution >= 4 is 5.84 Å². The van der Waals surface area contributed by atoms with Gasteiger partial charge in [-0.15, -0.1) is 0 Å². The molecule has 1 saturated heterocycles. The Morgan fingerprint density at radius 1 is 1.22 bits per heavy atom. The van der Waals surface area contributed by atoms with Gasteiger partial charge in [-0.05, 0) is 23.8 Å². The predicted molar refractivity (Wildman–Crippen MR) is 75.7 cm³/mol. The highest BCUT2D eigenvalue weighted by Gasteiger charge is 2.21. The van der Waals surface area contributed by atoms with Crippen molar-refractivity contribution in [2.75, 3.05) is 13.1 Å². The summed E-state index contributed by atoms with van der Waals surface area (Å²) in [5, 5.41) is 7.38. The van der Waals surface area contributed by atoms with E-state index >= 15 is 0 Å². The smallest absolute Gasteiger partial charge is 0.122 e. The molecule has 2 atom stereocenters. The van der Waals surface area contributed by atoms with Crippen LogP contribution >= 0.6 is 0 Å². The van der Waals surface area contributed by atoms with E-state index in [0.717, 1.165) is 23.9 Å². The van der Waals surface area contributed by atoms with Gasteiger partial charge in [-0.25, -0.2) is 0 Å². The summed E-state index contributed by atoms with van der Waals surface area (Å²) in [4.78, 5) is 2.53. The monoisotopic (exact) mass is 245 g/mol. The van der Waals surface area contributed by atoms with Gasteiger partial charge in [0, 0.05) is 25.2 Å². The molecule has 0 amide bonds. The minimum absolute atomic E-state index is 0.141. The standard InChI is InChI=1S/C15H23N3/c1-11-7-12(2)9-18(8-11)10-13-3-5-14(6-4-13)15(16)17/h3-6,11-12H,7-10H2,1-2H3,(H3,16,17). The Labute approximate surface area is 109 Å². The Hall–Kier alpha value is -1.35. The molecule has 1 aromatic carbocycles. The van der Waals surface area contributed by atoms with Crippen LogP contribution in [0.4, 0.5) is 0 Å². The molecule has 3 heteroatoms. The van der Waals surface area contributed by atoms with Gasteiger partial charge in [0.2, 0.25) is 0 Å². The molecule has 3 nitrogen and oxygen atoms in total. The quantitative estimate of drug-likeness (QED) is 0.635. The number of nitrogens with one attached hydrogen (secondary N) is 1. The Morgan fingerprint density at radius 3 is 2.28 bits per heavy atom. The molecular formula is C15H23N3. The number of hydrogen-bond donors (Lipinski definition) is 2. The SMILES string of the molecule is CC1CC(C)CN(Cc2ccc(C(=N)N)cc2)C1. The van der Waals surface area contributed by atoms with Crippen LogP contribution in [0.15, 0.2) is 24.3 Å². The van der Waals surface area contributed by atoms with Gasteiger partial charge in [0.25, 0.3) is 0 Å². The van der Waals surface area contributed by atoms with Crippen molar-refractivity contribution in [1.82, 2.24) is 4.90 Å². The zero-order valence-corrected chi connectivity index (χ0v) is 11.3. The fraction of sp³-hybridized carbons (Fsp3) is 0.533. The number of nitrogens with zero attached hydrogens (tertiary/aromatic N) is 1. The number of benzene rings is 1. The third-order valence-electron chi connectivity index (χ3n) is 3.62. The van der Waals surface area contributed by atoms with Crippen molar-refractivity contribution in [3.8, 4) is 0 Å². The van der Waals surface area contributed by atoms with Gasteiger partial charge in [-0.2, -0.15) is 0 Å². The Kier molecular flexibility index (Phi) is 4.02. The molecule has 0 aromatic heterocycles. The van der Waals surface area contributed by atoms with E-state index < -0.39 is 0 Å². The van der Waals surface area contributed by atoms with Crippen molar-refractivity contribution in [2.45, 2.75) is 26.8 Å². The second kappa shape index (κ2) is 5.53. The highest BCUT2D eigenvalue weighted by atomic mass is 15.1. The van der Waals surface area contributed by atoms with Gasteiger partial charge >= 0.3 is 0 Å². The largest absolute Gasteiger partial charge is 0.384 e. The number of nitrogens with two attached hydrogens (primary N) is 1. The summed E-state index contributed by atoms with van der Waals surface area (Å²) < 4.78 is 0. The van der Waals surface area contributed by atoms with Crippen molar-refractivity contribution < 1.29 is 0 Å². The zero-order valence-electron chi connectivity index (χ0n) is 11.3. The van der Waals surface area contributed by atoms with E-state index in [2.05, 4.69) is 30.9 Å². The maximum atomic E-state index is 7.38. The Balaban J connectivity index is 1.98. The molecular weight excluding hydrogens is 222 g/mol. The third-order valence-corrected chi connectivity index (χ3v) is 3.62. The molecule has 98 valence electrons. The molecule has 1 aliphatic heterocycles. The van der Waals surface area contributed by atoms with E-state index in [1.807, 2.05) is 12.1 Å². The lowest BCUT2D eigenvalue weighted by atomic mass is 9.91. The van der Waals surface area contributed by atoms with Crippen LogP contribution in [-0.2, 0) is 6.54 Å². The maximum Gasteiger partial charge on any atom is 0.122 e. The number of amidine groups is 1. The first kappa shape index (κ1) is 13.1. The first-order valence-corrected chi connectivity index (χ1v) is 6.70. The van der Waals surface area contributed by atoms with Crippen molar-refractivity contribution in [2.24, 2.45) is 17.6 Å². The number of piperidine rings is 1. The van der Waals surface area contributed by atoms with E-state index in [1.54, 1.807) is 0 Å². The van der Waals surface area contributed by atoms with E-state index in [0.29, 0.717) is 0 Å². The second-order valence-corrected chi connectivity index (χ2v) is 5.75. The molecule has 2 rings (SSSR count). The van der Waals surface area contributed by atoms with Crippen LogP contribution in [0.1, 0.15) is 31.4 Å². The van der Waals surface area contributed by atoms with Crippen LogP contribution in [0.2, 0.25) is 0 Å². The summed E-state index contributed by atoms with van der Waals surface area (Å²) in [5.41, 5.74) is 7.57. The van der Waals surface area contributed by atoms with Gasteiger partial charge in [0.1, 0.15) is 5.84 Å². The summed E-state index contributed by atoms with van der Waals surface area (Å²) >= 11 is 0. The van der Waals surface area contributed by atoms with Gasteiger partial charge in [0.15, 0.2) is 0 Å². The number of hydrogen-bond acceptors (Lipinski definition) is 2. The Bertz CT molecular complexity index is 400. The normalized spacial score (nSPS) is 25.0. The molecule has 1 aromatic rings. The van der Waals surface area contributed by atoms with Gasteiger partial charge in [-0.1, -0.05) is 38.1 Å². The highest BCUT2D eigenvalue weighted by molar-refractivity contribution is 5.94. The highest BCUT2D eigenvalue weighted by Crippen LogP contribution is 2.22. The van der Waals surface area contributed by atoms with E-state index in [4.69, 9.17) is 11.1 Å². The molecule has 1 heterocycles. The lowest BCUT2D eigenvalue weighted by molar-refractivity contribution is 0.134. The third kappa shape index (κ3) is 3.33. The molecule has 0 bridgehead atoms. The molecule has 18 heavy (non-hydrogen) atoms. The molecule has 1 aliphatic rings. The van der Waals surface area contributed by atoms with Crippen LogP contribution in [-0.4, -0.2) is 23.8 Å². The molecule has 0 saturated carbocycles. The minimum Gasteiger partial charge on any atom is -0.384 e. The van der Waals surface area contributed by atoms with Crippen LogP contribution in [0, 0.1) is 17.2 Å². The molecule has 0 aliphatic carbocycles. The summed E-state index contributed by atoms with van der Waals surface area (Å²) in [6, 6.07) is 8.05. The summed E-state index contributed by atoms with van der Waals surface area (Å²) in [7, 11) is 0. The minimum atomic E-state index is 0.141. The van der Waals surface area contributed by atoms with E-state index in [1.165, 1.54) is 25.1 Å². The summed E-state index contributed by atoms with van der Waals surface area (Å²) in [5.74, 6) is 1.73. The van der Waals surface area contributed by atoms with Crippen molar-refractivity contribution in [3.05, 3.63) is 35.4 Å². The zero-order chi connectivity index (χ0) is 13.1. The molecule has 3 N–H and O–H groups in total. The van der Waals surface area contributed by atoms with E-state index in [-0.39, 0.29) is 5.84 Å². The predicted octanol–water partition coefficient (Wildman–Crippen LogP) is 2.45. The van der Waals surface area contributed by atoms with E-state index in [9.17, 15) is 0 Å². The lowest BCUT2D eigenvalue weighted by Gasteiger charge is -2.35. The van der Waals surface area contributed by atoms with Crippen LogP contribution < -0.4 is 5.73 Å². The number of rotatable bonds is 3. The van der Waals surface area contributed by atoms with Crippen LogP contribution in [0.25, 0.3) is 0 Å². The average Bonchev–Trinajstić information content (AvgIpc) is 2.28. The first-order chi connectivity index (χ1) is 8.54. The Morgan fingerprint density at radius 2 is 1.78 bits per heavy atom. The first-order valence-electron chi connectivity index (χ1n) is 6.70. The maximum absolute atomic E-state index is 7.38. The number of likely N-dealkylation sites (tertiary alicyclic amines) is 1. The van der Waals surface area contributed by atoms with Crippen molar-refractivity contribution in [3.63, 3.8) is 0 Å². The summed E-state index contributed by atoms with van der Waals surface area (Å²) in [6.45, 7) is 8.06.